The van der Waals surface area contributed by atoms with Crippen LogP contribution in [0.5, 0.6) is 0 Å². The van der Waals surface area contributed by atoms with Gasteiger partial charge in [0.05, 0.1) is 15.5 Å². The van der Waals surface area contributed by atoms with Crippen LogP contribution in [0.3, 0.4) is 0 Å². The quantitative estimate of drug-likeness (QED) is 0.680. The third kappa shape index (κ3) is 3.46. The molecule has 0 saturated carbocycles. The van der Waals surface area contributed by atoms with Crippen molar-refractivity contribution >= 4 is 23.2 Å². The Morgan fingerprint density at radius 1 is 1.60 bits per heavy atom. The molecule has 1 heterocycles. The number of nitro groups is 1. The highest BCUT2D eigenvalue weighted by atomic mass is 35.5. The van der Waals surface area contributed by atoms with Crippen molar-refractivity contribution in [1.29, 1.82) is 0 Å². The lowest BCUT2D eigenvalue weighted by Crippen LogP contribution is -2.30. The van der Waals surface area contributed by atoms with E-state index in [9.17, 15) is 14.9 Å². The number of nitrogens with one attached hydrogen (secondary N) is 1. The molecule has 0 spiro atoms. The molecule has 1 N–H and O–H groups in total. The monoisotopic (exact) mass is 297 g/mol. The van der Waals surface area contributed by atoms with Crippen LogP contribution < -0.4 is 5.32 Å². The number of nitrogens with zero attached hydrogens (tertiary/aromatic N) is 2. The van der Waals surface area contributed by atoms with Gasteiger partial charge in [0, 0.05) is 25.2 Å². The summed E-state index contributed by atoms with van der Waals surface area (Å²) < 4.78 is 0. The van der Waals surface area contributed by atoms with E-state index in [4.69, 9.17) is 11.6 Å². The molecule has 0 aromatic heterocycles. The van der Waals surface area contributed by atoms with Crippen molar-refractivity contribution in [3.8, 4) is 0 Å². The molecule has 1 aliphatic heterocycles. The number of carbonyl (C=O) groups excluding carboxylic acids is 1. The van der Waals surface area contributed by atoms with Crippen LogP contribution in [0.15, 0.2) is 18.2 Å². The number of benzene rings is 1. The first-order valence-corrected chi connectivity index (χ1v) is 6.76. The average Bonchev–Trinajstić information content (AvgIpc) is 2.82. The summed E-state index contributed by atoms with van der Waals surface area (Å²) in [5.74, 6) is 0.0506. The Morgan fingerprint density at radius 2 is 2.35 bits per heavy atom. The summed E-state index contributed by atoms with van der Waals surface area (Å²) in [5.41, 5.74) is 0.00682. The largest absolute Gasteiger partial charge is 0.352 e. The van der Waals surface area contributed by atoms with Gasteiger partial charge in [-0.3, -0.25) is 14.9 Å². The van der Waals surface area contributed by atoms with Crippen molar-refractivity contribution in [3.63, 3.8) is 0 Å². The molecule has 6 nitrogen and oxygen atoms in total. The summed E-state index contributed by atoms with van der Waals surface area (Å²) in [6, 6.07) is 3.86. The molecule has 0 bridgehead atoms. The van der Waals surface area contributed by atoms with Crippen LogP contribution in [0.4, 0.5) is 5.69 Å². The lowest BCUT2D eigenvalue weighted by Gasteiger charge is -2.12. The van der Waals surface area contributed by atoms with E-state index >= 15 is 0 Å². The molecule has 1 aromatic carbocycles. The minimum absolute atomic E-state index is 0.139. The van der Waals surface area contributed by atoms with Gasteiger partial charge in [-0.15, -0.1) is 0 Å². The van der Waals surface area contributed by atoms with E-state index in [0.29, 0.717) is 12.5 Å². The highest BCUT2D eigenvalue weighted by Crippen LogP contribution is 2.22. The first kappa shape index (κ1) is 14.7. The normalized spacial score (nSPS) is 19.0. The molecular weight excluding hydrogens is 282 g/mol. The Bertz CT molecular complexity index is 536. The number of hydrogen-bond donors (Lipinski definition) is 1. The summed E-state index contributed by atoms with van der Waals surface area (Å²) in [4.78, 5) is 24.4. The highest BCUT2D eigenvalue weighted by Gasteiger charge is 2.21. The van der Waals surface area contributed by atoms with Crippen molar-refractivity contribution in [1.82, 2.24) is 10.2 Å². The number of amides is 1. The van der Waals surface area contributed by atoms with Gasteiger partial charge in [0.15, 0.2) is 0 Å². The van der Waals surface area contributed by atoms with Crippen molar-refractivity contribution in [2.45, 2.75) is 6.42 Å². The number of carbonyl (C=O) groups is 1. The SMILES string of the molecule is CN1CCC(CNC(=O)c2cc([N+](=O)[O-])ccc2Cl)C1. The lowest BCUT2D eigenvalue weighted by atomic mass is 10.1. The van der Waals surface area contributed by atoms with Gasteiger partial charge in [0.1, 0.15) is 0 Å². The molecule has 1 unspecified atom stereocenters. The van der Waals surface area contributed by atoms with Crippen LogP contribution in [0.2, 0.25) is 5.02 Å². The third-order valence-electron chi connectivity index (χ3n) is 3.45. The van der Waals surface area contributed by atoms with Crippen molar-refractivity contribution in [3.05, 3.63) is 38.9 Å². The fourth-order valence-electron chi connectivity index (χ4n) is 2.33. The molecule has 7 heteroatoms. The smallest absolute Gasteiger partial charge is 0.270 e. The van der Waals surface area contributed by atoms with Gasteiger partial charge in [-0.1, -0.05) is 11.6 Å². The second kappa shape index (κ2) is 6.19. The first-order valence-electron chi connectivity index (χ1n) is 6.38. The van der Waals surface area contributed by atoms with E-state index < -0.39 is 4.92 Å². The lowest BCUT2D eigenvalue weighted by molar-refractivity contribution is -0.384. The predicted molar refractivity (Wildman–Crippen MR) is 76.0 cm³/mol. The molecular formula is C13H16ClN3O3. The number of hydrogen-bond acceptors (Lipinski definition) is 4. The average molecular weight is 298 g/mol. The Hall–Kier alpha value is -1.66. The molecule has 1 aliphatic rings. The second-order valence-electron chi connectivity index (χ2n) is 5.05. The maximum absolute atomic E-state index is 12.0. The van der Waals surface area contributed by atoms with E-state index in [0.717, 1.165) is 19.5 Å². The van der Waals surface area contributed by atoms with Gasteiger partial charge in [0.25, 0.3) is 11.6 Å². The summed E-state index contributed by atoms with van der Waals surface area (Å²) in [6.45, 7) is 2.53. The van der Waals surface area contributed by atoms with Crippen molar-refractivity contribution < 1.29 is 9.72 Å². The van der Waals surface area contributed by atoms with Crippen molar-refractivity contribution in [2.75, 3.05) is 26.7 Å². The Morgan fingerprint density at radius 3 is 2.95 bits per heavy atom. The maximum atomic E-state index is 12.0. The maximum Gasteiger partial charge on any atom is 0.270 e. The fourth-order valence-corrected chi connectivity index (χ4v) is 2.53. The van der Waals surface area contributed by atoms with Crippen LogP contribution in [-0.4, -0.2) is 42.4 Å². The Balaban J connectivity index is 2.01. The van der Waals surface area contributed by atoms with Gasteiger partial charge in [-0.05, 0) is 32.0 Å². The summed E-state index contributed by atoms with van der Waals surface area (Å²) >= 11 is 5.92. The van der Waals surface area contributed by atoms with Gasteiger partial charge < -0.3 is 10.2 Å². The Kier molecular flexibility index (Phi) is 4.57. The third-order valence-corrected chi connectivity index (χ3v) is 3.78. The topological polar surface area (TPSA) is 75.5 Å². The standard InChI is InChI=1S/C13H16ClN3O3/c1-16-5-4-9(8-16)7-15-13(18)11-6-10(17(19)20)2-3-12(11)14/h2-3,6,9H,4-5,7-8H2,1H3,(H,15,18). The summed E-state index contributed by atoms with van der Waals surface area (Å²) in [6.07, 6.45) is 1.04. The van der Waals surface area contributed by atoms with Crippen LogP contribution in [0.25, 0.3) is 0 Å². The van der Waals surface area contributed by atoms with E-state index in [1.807, 2.05) is 7.05 Å². The number of halogens is 1. The van der Waals surface area contributed by atoms with E-state index in [2.05, 4.69) is 10.2 Å². The molecule has 1 fully saturated rings. The molecule has 0 radical (unpaired) electrons. The molecule has 1 atom stereocenters. The molecule has 1 saturated heterocycles. The number of likely N-dealkylation sites (tertiary alicyclic amines) is 1. The minimum atomic E-state index is -0.543. The second-order valence-corrected chi connectivity index (χ2v) is 5.46. The first-order chi connectivity index (χ1) is 9.47. The number of non-ortho nitro benzene ring substituents is 1. The van der Waals surface area contributed by atoms with Crippen LogP contribution in [0, 0.1) is 16.0 Å². The fraction of sp³-hybridized carbons (Fsp3) is 0.462. The molecule has 2 rings (SSSR count). The van der Waals surface area contributed by atoms with E-state index in [1.165, 1.54) is 18.2 Å². The minimum Gasteiger partial charge on any atom is -0.352 e. The van der Waals surface area contributed by atoms with Gasteiger partial charge >= 0.3 is 0 Å². The zero-order valence-corrected chi connectivity index (χ0v) is 11.9. The predicted octanol–water partition coefficient (Wildman–Crippen LogP) is 1.93. The number of nitro benzene ring substituents is 1. The molecule has 1 aromatic rings. The van der Waals surface area contributed by atoms with Crippen molar-refractivity contribution in [2.24, 2.45) is 5.92 Å². The molecule has 0 aliphatic carbocycles. The highest BCUT2D eigenvalue weighted by molar-refractivity contribution is 6.33. The molecule has 20 heavy (non-hydrogen) atoms. The number of rotatable bonds is 4. The van der Waals surface area contributed by atoms with E-state index in [-0.39, 0.29) is 22.2 Å². The van der Waals surface area contributed by atoms with E-state index in [1.54, 1.807) is 0 Å². The molecule has 108 valence electrons. The molecule has 1 amide bonds. The van der Waals surface area contributed by atoms with Crippen LogP contribution >= 0.6 is 11.6 Å². The zero-order valence-electron chi connectivity index (χ0n) is 11.1. The van der Waals surface area contributed by atoms with Crippen LogP contribution in [0.1, 0.15) is 16.8 Å². The summed E-state index contributed by atoms with van der Waals surface area (Å²) in [5, 5.41) is 13.7. The Labute approximate surface area is 121 Å². The van der Waals surface area contributed by atoms with Gasteiger partial charge in [-0.2, -0.15) is 0 Å². The van der Waals surface area contributed by atoms with Gasteiger partial charge in [0.2, 0.25) is 0 Å². The zero-order chi connectivity index (χ0) is 14.7. The van der Waals surface area contributed by atoms with Gasteiger partial charge in [-0.25, -0.2) is 0 Å². The summed E-state index contributed by atoms with van der Waals surface area (Å²) in [7, 11) is 2.04. The van der Waals surface area contributed by atoms with Crippen LogP contribution in [-0.2, 0) is 0 Å².